The van der Waals surface area contributed by atoms with Crippen LogP contribution in [0, 0.1) is 0 Å². The summed E-state index contributed by atoms with van der Waals surface area (Å²) in [6.07, 6.45) is 3.71. The van der Waals surface area contributed by atoms with Crippen LogP contribution in [0.2, 0.25) is 0 Å². The molecule has 2 aliphatic rings. The number of nitrogens with two attached hydrogens (primary N) is 1. The fourth-order valence-electron chi connectivity index (χ4n) is 3.26. The monoisotopic (exact) mass is 240 g/mol. The lowest BCUT2D eigenvalue weighted by atomic mass is 10.1. The van der Waals surface area contributed by atoms with Gasteiger partial charge in [0.25, 0.3) is 0 Å². The Morgan fingerprint density at radius 1 is 1.18 bits per heavy atom. The van der Waals surface area contributed by atoms with Crippen molar-refractivity contribution >= 4 is 6.29 Å². The molecule has 3 atom stereocenters. The van der Waals surface area contributed by atoms with Gasteiger partial charge in [-0.1, -0.05) is 13.8 Å². The lowest BCUT2D eigenvalue weighted by Gasteiger charge is -2.36. The zero-order valence-electron chi connectivity index (χ0n) is 10.9. The maximum atomic E-state index is 11.2. The minimum atomic E-state index is -0.162. The third-order valence-corrected chi connectivity index (χ3v) is 4.02. The summed E-state index contributed by atoms with van der Waals surface area (Å²) < 4.78 is 0. The largest absolute Gasteiger partial charge is 0.323 e. The van der Waals surface area contributed by atoms with Crippen molar-refractivity contribution < 1.29 is 4.79 Å². The Bertz CT molecular complexity index is 267. The van der Waals surface area contributed by atoms with Crippen LogP contribution in [0.3, 0.4) is 0 Å². The van der Waals surface area contributed by atoms with Gasteiger partial charge in [-0.3, -0.25) is 4.90 Å². The first-order chi connectivity index (χ1) is 8.24. The summed E-state index contributed by atoms with van der Waals surface area (Å²) in [5.74, 6) is 0. The SMILES string of the molecule is CCN1C(C=O)C(N)C(N2CCCC2)N1CC. The Hall–Kier alpha value is -0.490. The number of carbonyl (C=O) groups excluding carboxylic acids is 1. The second-order valence-corrected chi connectivity index (χ2v) is 4.87. The van der Waals surface area contributed by atoms with Crippen LogP contribution in [-0.4, -0.2) is 65.6 Å². The fraction of sp³-hybridized carbons (Fsp3) is 0.917. The molecule has 5 heteroatoms. The number of likely N-dealkylation sites (tertiary alicyclic amines) is 1. The molecule has 3 unspecified atom stereocenters. The number of rotatable bonds is 4. The molecule has 2 N–H and O–H groups in total. The Morgan fingerprint density at radius 3 is 2.24 bits per heavy atom. The molecule has 2 aliphatic heterocycles. The highest BCUT2D eigenvalue weighted by atomic mass is 16.1. The average molecular weight is 240 g/mol. The molecular weight excluding hydrogens is 216 g/mol. The molecule has 0 aromatic heterocycles. The molecule has 2 heterocycles. The van der Waals surface area contributed by atoms with Gasteiger partial charge < -0.3 is 10.5 Å². The van der Waals surface area contributed by atoms with E-state index >= 15 is 0 Å². The maximum Gasteiger partial charge on any atom is 0.140 e. The number of hydrazine groups is 1. The second-order valence-electron chi connectivity index (χ2n) is 4.87. The summed E-state index contributed by atoms with van der Waals surface area (Å²) in [6, 6.07) is -0.254. The van der Waals surface area contributed by atoms with Gasteiger partial charge in [0.2, 0.25) is 0 Å². The van der Waals surface area contributed by atoms with E-state index in [2.05, 4.69) is 28.8 Å². The van der Waals surface area contributed by atoms with Gasteiger partial charge in [-0.2, -0.15) is 0 Å². The van der Waals surface area contributed by atoms with Gasteiger partial charge in [0.1, 0.15) is 6.29 Å². The number of aldehydes is 1. The van der Waals surface area contributed by atoms with Gasteiger partial charge in [0.05, 0.1) is 18.2 Å². The Balaban J connectivity index is 2.20. The topological polar surface area (TPSA) is 52.8 Å². The summed E-state index contributed by atoms with van der Waals surface area (Å²) in [5, 5.41) is 4.40. The van der Waals surface area contributed by atoms with Crippen LogP contribution in [0.15, 0.2) is 0 Å². The fourth-order valence-corrected chi connectivity index (χ4v) is 3.26. The van der Waals surface area contributed by atoms with Crippen LogP contribution in [0.4, 0.5) is 0 Å². The van der Waals surface area contributed by atoms with Gasteiger partial charge in [-0.15, -0.1) is 0 Å². The first-order valence-electron chi connectivity index (χ1n) is 6.72. The van der Waals surface area contributed by atoms with Crippen molar-refractivity contribution in [3.8, 4) is 0 Å². The standard InChI is InChI=1S/C12H24N4O/c1-3-15-10(9-17)11(13)12(16(15)4-2)14-7-5-6-8-14/h9-12H,3-8,13H2,1-2H3. The molecule has 2 fully saturated rings. The van der Waals surface area contributed by atoms with Crippen molar-refractivity contribution in [1.82, 2.24) is 14.9 Å². The third-order valence-electron chi connectivity index (χ3n) is 4.02. The van der Waals surface area contributed by atoms with Gasteiger partial charge in [-0.25, -0.2) is 10.0 Å². The van der Waals surface area contributed by atoms with E-state index in [4.69, 9.17) is 5.73 Å². The first-order valence-corrected chi connectivity index (χ1v) is 6.72. The van der Waals surface area contributed by atoms with Crippen molar-refractivity contribution in [2.75, 3.05) is 26.2 Å². The number of carbonyl (C=O) groups is 1. The van der Waals surface area contributed by atoms with E-state index in [9.17, 15) is 4.79 Å². The molecule has 0 amide bonds. The van der Waals surface area contributed by atoms with Crippen LogP contribution < -0.4 is 5.73 Å². The molecule has 5 nitrogen and oxygen atoms in total. The van der Waals surface area contributed by atoms with Crippen molar-refractivity contribution in [2.45, 2.75) is 44.9 Å². The predicted molar refractivity (Wildman–Crippen MR) is 67.2 cm³/mol. The smallest absolute Gasteiger partial charge is 0.140 e. The minimum Gasteiger partial charge on any atom is -0.323 e. The lowest BCUT2D eigenvalue weighted by Crippen LogP contribution is -2.53. The summed E-state index contributed by atoms with van der Waals surface area (Å²) in [5.41, 5.74) is 6.29. The maximum absolute atomic E-state index is 11.2. The molecule has 0 aliphatic carbocycles. The Labute approximate surface area is 103 Å². The van der Waals surface area contributed by atoms with E-state index in [1.165, 1.54) is 12.8 Å². The minimum absolute atomic E-state index is 0.0921. The highest BCUT2D eigenvalue weighted by Gasteiger charge is 2.47. The highest BCUT2D eigenvalue weighted by molar-refractivity contribution is 5.60. The number of likely N-dealkylation sites (N-methyl/N-ethyl adjacent to an activating group) is 2. The Morgan fingerprint density at radius 2 is 1.76 bits per heavy atom. The third kappa shape index (κ3) is 2.12. The average Bonchev–Trinajstić information content (AvgIpc) is 2.93. The number of nitrogens with zero attached hydrogens (tertiary/aromatic N) is 3. The van der Waals surface area contributed by atoms with Crippen molar-refractivity contribution in [3.63, 3.8) is 0 Å². The van der Waals surface area contributed by atoms with E-state index in [0.717, 1.165) is 32.5 Å². The molecule has 0 spiro atoms. The van der Waals surface area contributed by atoms with Crippen molar-refractivity contribution in [2.24, 2.45) is 5.73 Å². The molecule has 2 saturated heterocycles. The van der Waals surface area contributed by atoms with Gasteiger partial charge >= 0.3 is 0 Å². The van der Waals surface area contributed by atoms with Crippen LogP contribution in [0.25, 0.3) is 0 Å². The van der Waals surface area contributed by atoms with E-state index in [0.29, 0.717) is 0 Å². The summed E-state index contributed by atoms with van der Waals surface area (Å²) in [6.45, 7) is 8.18. The van der Waals surface area contributed by atoms with Gasteiger partial charge in [-0.05, 0) is 25.9 Å². The van der Waals surface area contributed by atoms with E-state index in [-0.39, 0.29) is 18.2 Å². The Kier molecular flexibility index (Phi) is 4.14. The molecule has 17 heavy (non-hydrogen) atoms. The highest BCUT2D eigenvalue weighted by Crippen LogP contribution is 2.27. The van der Waals surface area contributed by atoms with E-state index in [1.54, 1.807) is 0 Å². The van der Waals surface area contributed by atoms with Crippen LogP contribution >= 0.6 is 0 Å². The molecule has 0 bridgehead atoms. The molecule has 2 rings (SSSR count). The zero-order chi connectivity index (χ0) is 12.4. The van der Waals surface area contributed by atoms with E-state index < -0.39 is 0 Å². The van der Waals surface area contributed by atoms with Crippen LogP contribution in [0.5, 0.6) is 0 Å². The molecular formula is C12H24N4O. The molecule has 98 valence electrons. The van der Waals surface area contributed by atoms with Crippen LogP contribution in [-0.2, 0) is 4.79 Å². The van der Waals surface area contributed by atoms with Gasteiger partial charge in [0.15, 0.2) is 0 Å². The van der Waals surface area contributed by atoms with Crippen molar-refractivity contribution in [3.05, 3.63) is 0 Å². The molecule has 0 saturated carbocycles. The second kappa shape index (κ2) is 5.44. The van der Waals surface area contributed by atoms with E-state index in [1.807, 2.05) is 0 Å². The van der Waals surface area contributed by atoms with Gasteiger partial charge in [0, 0.05) is 13.1 Å². The summed E-state index contributed by atoms with van der Waals surface area (Å²) in [7, 11) is 0. The first kappa shape index (κ1) is 13.0. The van der Waals surface area contributed by atoms with Crippen LogP contribution in [0.1, 0.15) is 26.7 Å². The quantitative estimate of drug-likeness (QED) is 0.694. The zero-order valence-corrected chi connectivity index (χ0v) is 10.9. The molecule has 0 aromatic carbocycles. The normalized spacial score (nSPS) is 36.8. The number of hydrogen-bond acceptors (Lipinski definition) is 5. The summed E-state index contributed by atoms with van der Waals surface area (Å²) >= 11 is 0. The van der Waals surface area contributed by atoms with Crippen molar-refractivity contribution in [1.29, 1.82) is 0 Å². The number of hydrogen-bond donors (Lipinski definition) is 1. The summed E-state index contributed by atoms with van der Waals surface area (Å²) in [4.78, 5) is 13.7. The molecule has 0 aromatic rings. The predicted octanol–water partition coefficient (Wildman–Crippen LogP) is -0.124. The lowest BCUT2D eigenvalue weighted by molar-refractivity contribution is -0.117. The molecule has 0 radical (unpaired) electrons.